The van der Waals surface area contributed by atoms with Crippen molar-refractivity contribution >= 4 is 10.9 Å². The summed E-state index contributed by atoms with van der Waals surface area (Å²) in [6, 6.07) is 13.1. The van der Waals surface area contributed by atoms with Crippen LogP contribution in [-0.4, -0.2) is 69.8 Å². The van der Waals surface area contributed by atoms with E-state index in [0.29, 0.717) is 12.2 Å². The summed E-state index contributed by atoms with van der Waals surface area (Å²) < 4.78 is 10.3. The van der Waals surface area contributed by atoms with Crippen molar-refractivity contribution < 1.29 is 39.7 Å². The van der Waals surface area contributed by atoms with E-state index in [-0.39, 0.29) is 0 Å². The molecule has 1 aliphatic heterocycles. The third-order valence-electron chi connectivity index (χ3n) is 5.39. The Balaban J connectivity index is 1.53. The molecule has 4 rings (SSSR count). The minimum Gasteiger partial charge on any atom is -0.497 e. The SMILES string of the molecule is COc1ccc(Cc2c[nH]c3cccc(OO[C@@H]4[C@@H](O)[C@H](O)[C@@H](CO)O[C@H]4O)c23)cc1. The fraction of sp³-hybridized carbons (Fsp3) is 0.364. The van der Waals surface area contributed by atoms with E-state index in [0.717, 1.165) is 27.8 Å². The predicted molar refractivity (Wildman–Crippen MR) is 110 cm³/mol. The molecule has 0 aliphatic carbocycles. The number of fused-ring (bicyclic) bond motifs is 1. The van der Waals surface area contributed by atoms with E-state index < -0.39 is 37.3 Å². The first kappa shape index (κ1) is 21.6. The van der Waals surface area contributed by atoms with Gasteiger partial charge in [-0.15, -0.1) is 0 Å². The Bertz CT molecular complexity index is 1000. The molecule has 1 aliphatic rings. The number of aliphatic hydroxyl groups excluding tert-OH is 4. The number of hydrogen-bond acceptors (Lipinski definition) is 8. The molecule has 0 spiro atoms. The zero-order valence-electron chi connectivity index (χ0n) is 16.8. The lowest BCUT2D eigenvalue weighted by Gasteiger charge is -2.38. The summed E-state index contributed by atoms with van der Waals surface area (Å²) in [4.78, 5) is 13.9. The number of nitrogens with one attached hydrogen (secondary N) is 1. The van der Waals surface area contributed by atoms with Gasteiger partial charge in [-0.25, -0.2) is 0 Å². The Hall–Kier alpha value is -2.66. The molecule has 0 amide bonds. The van der Waals surface area contributed by atoms with E-state index in [9.17, 15) is 20.4 Å². The second-order valence-electron chi connectivity index (χ2n) is 7.39. The molecule has 0 radical (unpaired) electrons. The standard InChI is InChI=1S/C22H25NO8/c1-28-14-7-5-12(6-8-14)9-13-10-23-15-3-2-4-16(18(13)15)30-31-21-20(26)19(25)17(11-24)29-22(21)27/h2-8,10,17,19-27H,9,11H2,1H3/t17-,19-,20+,21-,22-/m1/s1. The molecule has 31 heavy (non-hydrogen) atoms. The summed E-state index contributed by atoms with van der Waals surface area (Å²) in [6.07, 6.45) is -4.50. The quantitative estimate of drug-likeness (QED) is 0.275. The normalized spacial score (nSPS) is 26.2. The highest BCUT2D eigenvalue weighted by Crippen LogP contribution is 2.32. The molecular formula is C22H25NO8. The van der Waals surface area contributed by atoms with Gasteiger partial charge in [0.2, 0.25) is 0 Å². The van der Waals surface area contributed by atoms with E-state index >= 15 is 0 Å². The van der Waals surface area contributed by atoms with Crippen molar-refractivity contribution in [3.63, 3.8) is 0 Å². The summed E-state index contributed by atoms with van der Waals surface area (Å²) in [5.74, 6) is 1.15. The van der Waals surface area contributed by atoms with Crippen molar-refractivity contribution in [2.24, 2.45) is 0 Å². The van der Waals surface area contributed by atoms with Gasteiger partial charge in [-0.3, -0.25) is 0 Å². The largest absolute Gasteiger partial charge is 0.497 e. The molecule has 2 aromatic carbocycles. The average molecular weight is 431 g/mol. The zero-order valence-corrected chi connectivity index (χ0v) is 16.8. The van der Waals surface area contributed by atoms with Crippen molar-refractivity contribution in [3.8, 4) is 11.5 Å². The van der Waals surface area contributed by atoms with Crippen LogP contribution in [0.4, 0.5) is 0 Å². The number of aliphatic hydroxyl groups is 4. The number of aromatic nitrogens is 1. The maximum atomic E-state index is 10.2. The van der Waals surface area contributed by atoms with Crippen LogP contribution in [0.1, 0.15) is 11.1 Å². The van der Waals surface area contributed by atoms with Gasteiger partial charge in [-0.05, 0) is 41.8 Å². The van der Waals surface area contributed by atoms with E-state index in [4.69, 9.17) is 19.2 Å². The van der Waals surface area contributed by atoms with E-state index in [1.165, 1.54) is 0 Å². The second-order valence-corrected chi connectivity index (χ2v) is 7.39. The van der Waals surface area contributed by atoms with Gasteiger partial charge in [-0.1, -0.05) is 18.2 Å². The molecule has 166 valence electrons. The third kappa shape index (κ3) is 4.38. The van der Waals surface area contributed by atoms with Crippen molar-refractivity contribution in [2.45, 2.75) is 37.1 Å². The molecule has 9 heteroatoms. The summed E-state index contributed by atoms with van der Waals surface area (Å²) in [6.45, 7) is -0.555. The Morgan fingerprint density at radius 1 is 1.03 bits per heavy atom. The van der Waals surface area contributed by atoms with Crippen molar-refractivity contribution in [3.05, 3.63) is 59.8 Å². The molecule has 1 fully saturated rings. The van der Waals surface area contributed by atoms with Gasteiger partial charge in [0, 0.05) is 17.1 Å². The fourth-order valence-corrected chi connectivity index (χ4v) is 3.67. The highest BCUT2D eigenvalue weighted by Gasteiger charge is 2.45. The summed E-state index contributed by atoms with van der Waals surface area (Å²) in [5.41, 5.74) is 2.86. The molecule has 0 bridgehead atoms. The van der Waals surface area contributed by atoms with Crippen LogP contribution in [0.25, 0.3) is 10.9 Å². The van der Waals surface area contributed by atoms with Crippen molar-refractivity contribution in [1.29, 1.82) is 0 Å². The highest BCUT2D eigenvalue weighted by atomic mass is 17.2. The van der Waals surface area contributed by atoms with Crippen LogP contribution in [0.2, 0.25) is 0 Å². The maximum absolute atomic E-state index is 10.2. The molecule has 1 saturated heterocycles. The lowest BCUT2D eigenvalue weighted by atomic mass is 9.99. The number of benzene rings is 2. The minimum absolute atomic E-state index is 0.375. The second kappa shape index (κ2) is 9.23. The Morgan fingerprint density at radius 3 is 2.52 bits per heavy atom. The molecule has 1 aromatic heterocycles. The minimum atomic E-state index is -1.58. The molecule has 0 saturated carbocycles. The molecule has 2 heterocycles. The number of rotatable bonds is 7. The maximum Gasteiger partial charge on any atom is 0.188 e. The van der Waals surface area contributed by atoms with Crippen LogP contribution < -0.4 is 9.62 Å². The molecule has 5 N–H and O–H groups in total. The van der Waals surface area contributed by atoms with Gasteiger partial charge in [0.05, 0.1) is 13.7 Å². The summed E-state index contributed by atoms with van der Waals surface area (Å²) >= 11 is 0. The number of hydrogen-bond donors (Lipinski definition) is 5. The lowest BCUT2D eigenvalue weighted by molar-refractivity contribution is -0.364. The topological polar surface area (TPSA) is 134 Å². The number of methoxy groups -OCH3 is 1. The van der Waals surface area contributed by atoms with Gasteiger partial charge in [0.25, 0.3) is 0 Å². The monoisotopic (exact) mass is 431 g/mol. The van der Waals surface area contributed by atoms with E-state index in [1.54, 1.807) is 19.2 Å². The van der Waals surface area contributed by atoms with Crippen LogP contribution >= 0.6 is 0 Å². The molecule has 9 nitrogen and oxygen atoms in total. The third-order valence-corrected chi connectivity index (χ3v) is 5.39. The van der Waals surface area contributed by atoms with Crippen LogP contribution in [0.5, 0.6) is 11.5 Å². The van der Waals surface area contributed by atoms with E-state index in [1.807, 2.05) is 36.5 Å². The van der Waals surface area contributed by atoms with Gasteiger partial charge in [0.15, 0.2) is 18.1 Å². The first-order valence-electron chi connectivity index (χ1n) is 9.87. The van der Waals surface area contributed by atoms with Gasteiger partial charge in [-0.2, -0.15) is 4.89 Å². The Labute approximate surface area is 178 Å². The number of aromatic amines is 1. The Morgan fingerprint density at radius 2 is 1.81 bits per heavy atom. The first-order chi connectivity index (χ1) is 15.0. The van der Waals surface area contributed by atoms with Gasteiger partial charge < -0.3 is 39.8 Å². The summed E-state index contributed by atoms with van der Waals surface area (Å²) in [5, 5.41) is 40.3. The van der Waals surface area contributed by atoms with Gasteiger partial charge in [0.1, 0.15) is 24.1 Å². The zero-order chi connectivity index (χ0) is 22.0. The molecule has 5 atom stereocenters. The van der Waals surface area contributed by atoms with Crippen LogP contribution in [0.3, 0.4) is 0 Å². The highest BCUT2D eigenvalue weighted by molar-refractivity contribution is 5.89. The number of ether oxygens (including phenoxy) is 2. The molecular weight excluding hydrogens is 406 g/mol. The van der Waals surface area contributed by atoms with Crippen LogP contribution in [0, 0.1) is 0 Å². The Kier molecular flexibility index (Phi) is 6.42. The average Bonchev–Trinajstić information content (AvgIpc) is 3.20. The van der Waals surface area contributed by atoms with Crippen LogP contribution in [0.15, 0.2) is 48.7 Å². The summed E-state index contributed by atoms with van der Waals surface area (Å²) in [7, 11) is 1.62. The van der Waals surface area contributed by atoms with Crippen molar-refractivity contribution in [1.82, 2.24) is 4.98 Å². The smallest absolute Gasteiger partial charge is 0.188 e. The molecule has 3 aromatic rings. The van der Waals surface area contributed by atoms with Crippen LogP contribution in [-0.2, 0) is 16.0 Å². The fourth-order valence-electron chi connectivity index (χ4n) is 3.67. The first-order valence-corrected chi connectivity index (χ1v) is 9.87. The van der Waals surface area contributed by atoms with E-state index in [2.05, 4.69) is 4.98 Å². The van der Waals surface area contributed by atoms with Gasteiger partial charge >= 0.3 is 0 Å². The number of H-pyrrole nitrogens is 1. The predicted octanol–water partition coefficient (Wildman–Crippen LogP) is 0.878. The van der Waals surface area contributed by atoms with Crippen molar-refractivity contribution in [2.75, 3.05) is 13.7 Å². The lowest BCUT2D eigenvalue weighted by Crippen LogP contribution is -2.59. The molecule has 0 unspecified atom stereocenters.